The minimum atomic E-state index is -1.95. The van der Waals surface area contributed by atoms with Crippen LogP contribution in [-0.4, -0.2) is 44.5 Å². The molecule has 3 rings (SSSR count). The predicted octanol–water partition coefficient (Wildman–Crippen LogP) is 4.69. The summed E-state index contributed by atoms with van der Waals surface area (Å²) in [6, 6.07) is 14.0. The largest absolute Gasteiger partial charge is 0.508 e. The summed E-state index contributed by atoms with van der Waals surface area (Å²) in [4.78, 5) is 39.1. The van der Waals surface area contributed by atoms with Crippen LogP contribution in [0.4, 0.5) is 4.79 Å². The van der Waals surface area contributed by atoms with E-state index in [-0.39, 0.29) is 25.4 Å². The van der Waals surface area contributed by atoms with Crippen molar-refractivity contribution in [1.29, 1.82) is 0 Å². The molecular formula is C25H25ClO7. The number of halogens is 1. The van der Waals surface area contributed by atoms with Gasteiger partial charge >= 0.3 is 18.1 Å². The lowest BCUT2D eigenvalue weighted by atomic mass is 9.77. The minimum absolute atomic E-state index is 0.0423. The molecule has 2 aromatic rings. The molecule has 0 aromatic heterocycles. The summed E-state index contributed by atoms with van der Waals surface area (Å²) in [5, 5.41) is 0.466. The molecule has 0 atom stereocenters. The van der Waals surface area contributed by atoms with Crippen LogP contribution in [0.5, 0.6) is 0 Å². The summed E-state index contributed by atoms with van der Waals surface area (Å²) >= 11 is 6.25. The van der Waals surface area contributed by atoms with Gasteiger partial charge in [0.2, 0.25) is 5.41 Å². The standard InChI is InChI=1S/C25H25ClO7/c1-4-30-22(27)25(23(28)31-5-2)19-13-8-7-12-18(19)21(16-10-9-11-17(26)14-16)20(25)15-33-24(29)32-6-3/h7-14H,4-6,15H2,1-3H3. The molecule has 0 unspecified atom stereocenters. The van der Waals surface area contributed by atoms with Crippen molar-refractivity contribution in [1.82, 2.24) is 0 Å². The van der Waals surface area contributed by atoms with Crippen LogP contribution in [0.2, 0.25) is 5.02 Å². The molecule has 0 aliphatic heterocycles. The summed E-state index contributed by atoms with van der Waals surface area (Å²) in [6.45, 7) is 4.74. The fourth-order valence-corrected chi connectivity index (χ4v) is 4.20. The van der Waals surface area contributed by atoms with Gasteiger partial charge < -0.3 is 18.9 Å². The van der Waals surface area contributed by atoms with Gasteiger partial charge in [0.1, 0.15) is 6.61 Å². The molecule has 0 radical (unpaired) electrons. The van der Waals surface area contributed by atoms with Gasteiger partial charge in [-0.25, -0.2) is 4.79 Å². The predicted molar refractivity (Wildman–Crippen MR) is 122 cm³/mol. The summed E-state index contributed by atoms with van der Waals surface area (Å²) in [5.41, 5.74) is 0.456. The van der Waals surface area contributed by atoms with Crippen molar-refractivity contribution < 1.29 is 33.3 Å². The quantitative estimate of drug-likeness (QED) is 0.313. The molecular weight excluding hydrogens is 448 g/mol. The third-order valence-electron chi connectivity index (χ3n) is 5.23. The van der Waals surface area contributed by atoms with Crippen molar-refractivity contribution in [3.8, 4) is 0 Å². The first kappa shape index (κ1) is 24.3. The van der Waals surface area contributed by atoms with Gasteiger partial charge in [0, 0.05) is 10.6 Å². The van der Waals surface area contributed by atoms with Crippen molar-refractivity contribution in [2.75, 3.05) is 26.4 Å². The van der Waals surface area contributed by atoms with E-state index in [1.165, 1.54) is 0 Å². The zero-order valence-corrected chi connectivity index (χ0v) is 19.4. The zero-order valence-electron chi connectivity index (χ0n) is 18.7. The molecule has 1 aliphatic rings. The first-order chi connectivity index (χ1) is 15.9. The number of hydrogen-bond acceptors (Lipinski definition) is 7. The van der Waals surface area contributed by atoms with Gasteiger partial charge in [-0.3, -0.25) is 9.59 Å². The van der Waals surface area contributed by atoms with E-state index >= 15 is 0 Å². The van der Waals surface area contributed by atoms with Gasteiger partial charge in [0.25, 0.3) is 0 Å². The second-order valence-corrected chi connectivity index (χ2v) is 7.51. The molecule has 8 heteroatoms. The van der Waals surface area contributed by atoms with Gasteiger partial charge in [-0.1, -0.05) is 48.0 Å². The molecule has 0 spiro atoms. The summed E-state index contributed by atoms with van der Waals surface area (Å²) in [6.07, 6.45) is -0.923. The van der Waals surface area contributed by atoms with Crippen molar-refractivity contribution >= 4 is 35.3 Å². The lowest BCUT2D eigenvalue weighted by Gasteiger charge is -2.29. The van der Waals surface area contributed by atoms with Crippen LogP contribution < -0.4 is 0 Å². The number of fused-ring (bicyclic) bond motifs is 1. The highest BCUT2D eigenvalue weighted by Crippen LogP contribution is 2.51. The highest BCUT2D eigenvalue weighted by molar-refractivity contribution is 6.30. The van der Waals surface area contributed by atoms with E-state index in [1.807, 2.05) is 0 Å². The molecule has 33 heavy (non-hydrogen) atoms. The van der Waals surface area contributed by atoms with Crippen LogP contribution in [0.3, 0.4) is 0 Å². The number of hydrogen-bond donors (Lipinski definition) is 0. The molecule has 0 N–H and O–H groups in total. The molecule has 0 bridgehead atoms. The second kappa shape index (κ2) is 10.5. The van der Waals surface area contributed by atoms with E-state index in [0.717, 1.165) is 0 Å². The van der Waals surface area contributed by atoms with E-state index in [0.29, 0.717) is 27.3 Å². The number of carbonyl (C=O) groups excluding carboxylic acids is 3. The van der Waals surface area contributed by atoms with Crippen LogP contribution in [0.1, 0.15) is 37.5 Å². The second-order valence-electron chi connectivity index (χ2n) is 7.07. The zero-order chi connectivity index (χ0) is 24.0. The maximum atomic E-state index is 13.5. The molecule has 0 saturated heterocycles. The molecule has 1 aliphatic carbocycles. The lowest BCUT2D eigenvalue weighted by molar-refractivity contribution is -0.162. The molecule has 174 valence electrons. The Kier molecular flexibility index (Phi) is 7.76. The lowest BCUT2D eigenvalue weighted by Crippen LogP contribution is -2.47. The van der Waals surface area contributed by atoms with Gasteiger partial charge in [-0.05, 0) is 55.2 Å². The van der Waals surface area contributed by atoms with Crippen LogP contribution in [0.25, 0.3) is 5.57 Å². The number of rotatable bonds is 8. The summed E-state index contributed by atoms with van der Waals surface area (Å²) in [7, 11) is 0. The first-order valence-electron chi connectivity index (χ1n) is 10.6. The van der Waals surface area contributed by atoms with Crippen LogP contribution >= 0.6 is 11.6 Å². The Morgan fingerprint density at radius 3 is 2.06 bits per heavy atom. The maximum absolute atomic E-state index is 13.5. The molecule has 0 heterocycles. The SMILES string of the molecule is CCOC(=O)OCC1=C(c2cccc(Cl)c2)c2ccccc2C1(C(=O)OCC)C(=O)OCC. The number of esters is 2. The molecule has 0 saturated carbocycles. The van der Waals surface area contributed by atoms with Crippen LogP contribution in [0, 0.1) is 0 Å². The number of carbonyl (C=O) groups is 3. The summed E-state index contributed by atoms with van der Waals surface area (Å²) < 4.78 is 21.0. The molecule has 0 fully saturated rings. The monoisotopic (exact) mass is 472 g/mol. The van der Waals surface area contributed by atoms with E-state index in [9.17, 15) is 14.4 Å². The van der Waals surface area contributed by atoms with Crippen molar-refractivity contribution in [2.24, 2.45) is 0 Å². The van der Waals surface area contributed by atoms with Gasteiger partial charge in [-0.15, -0.1) is 0 Å². The van der Waals surface area contributed by atoms with E-state index in [1.54, 1.807) is 69.3 Å². The number of benzene rings is 2. The van der Waals surface area contributed by atoms with E-state index < -0.39 is 30.1 Å². The van der Waals surface area contributed by atoms with Crippen molar-refractivity contribution in [2.45, 2.75) is 26.2 Å². The Morgan fingerprint density at radius 2 is 1.45 bits per heavy atom. The highest BCUT2D eigenvalue weighted by atomic mass is 35.5. The van der Waals surface area contributed by atoms with Crippen molar-refractivity contribution in [3.05, 3.63) is 75.8 Å². The minimum Gasteiger partial charge on any atom is -0.465 e. The average molecular weight is 473 g/mol. The van der Waals surface area contributed by atoms with Crippen LogP contribution in [-0.2, 0) is 34.0 Å². The fraction of sp³-hybridized carbons (Fsp3) is 0.320. The first-order valence-corrected chi connectivity index (χ1v) is 11.0. The molecule has 7 nitrogen and oxygen atoms in total. The summed E-state index contributed by atoms with van der Waals surface area (Å²) in [5.74, 6) is -1.62. The molecule has 2 aromatic carbocycles. The van der Waals surface area contributed by atoms with E-state index in [2.05, 4.69) is 0 Å². The Balaban J connectivity index is 2.35. The number of ether oxygens (including phenoxy) is 4. The third-order valence-corrected chi connectivity index (χ3v) is 5.46. The Hall–Kier alpha value is -3.32. The Labute approximate surface area is 197 Å². The van der Waals surface area contributed by atoms with Crippen molar-refractivity contribution in [3.63, 3.8) is 0 Å². The van der Waals surface area contributed by atoms with Gasteiger partial charge in [0.15, 0.2) is 0 Å². The average Bonchev–Trinajstić information content (AvgIpc) is 3.09. The smallest absolute Gasteiger partial charge is 0.465 e. The highest BCUT2D eigenvalue weighted by Gasteiger charge is 2.59. The Morgan fingerprint density at radius 1 is 0.818 bits per heavy atom. The van der Waals surface area contributed by atoms with Gasteiger partial charge in [-0.2, -0.15) is 0 Å². The Bertz CT molecular complexity index is 1070. The topological polar surface area (TPSA) is 88.1 Å². The van der Waals surface area contributed by atoms with Crippen LogP contribution in [0.15, 0.2) is 54.1 Å². The molecule has 0 amide bonds. The maximum Gasteiger partial charge on any atom is 0.508 e. The van der Waals surface area contributed by atoms with Gasteiger partial charge in [0.05, 0.1) is 19.8 Å². The normalized spacial score (nSPS) is 13.8. The third kappa shape index (κ3) is 4.46. The van der Waals surface area contributed by atoms with E-state index in [4.69, 9.17) is 30.5 Å². The fourth-order valence-electron chi connectivity index (χ4n) is 4.01.